The minimum atomic E-state index is -1.45. The summed E-state index contributed by atoms with van der Waals surface area (Å²) in [6, 6.07) is 12.7. The summed E-state index contributed by atoms with van der Waals surface area (Å²) in [6.45, 7) is 9.34. The maximum absolute atomic E-state index is 15.2. The van der Waals surface area contributed by atoms with Gasteiger partial charge in [-0.25, -0.2) is 0 Å². The number of nitrogens with zero attached hydrogens (tertiary/aromatic N) is 3. The first-order valence-corrected chi connectivity index (χ1v) is 17.3. The smallest absolute Gasteiger partial charge is 0.313 e. The molecule has 2 saturated heterocycles. The third kappa shape index (κ3) is 5.78. The van der Waals surface area contributed by atoms with Crippen LogP contribution in [0.4, 0.5) is 5.69 Å². The van der Waals surface area contributed by atoms with Crippen LogP contribution in [0.3, 0.4) is 0 Å². The number of cyclic esters (lactones) is 1. The first kappa shape index (κ1) is 34.6. The average molecular weight is 670 g/mol. The van der Waals surface area contributed by atoms with Gasteiger partial charge in [0.15, 0.2) is 0 Å². The Morgan fingerprint density at radius 3 is 2.31 bits per heavy atom. The predicted molar refractivity (Wildman–Crippen MR) is 184 cm³/mol. The summed E-state index contributed by atoms with van der Waals surface area (Å²) in [5, 5.41) is 10.7. The Hall–Kier alpha value is -4.28. The number of ether oxygens (including phenoxy) is 2. The van der Waals surface area contributed by atoms with Gasteiger partial charge in [0.25, 0.3) is 5.91 Å². The van der Waals surface area contributed by atoms with E-state index in [-0.39, 0.29) is 37.3 Å². The van der Waals surface area contributed by atoms with Crippen LogP contribution in [0.25, 0.3) is 0 Å². The zero-order chi connectivity index (χ0) is 35.2. The lowest BCUT2D eigenvalue weighted by Crippen LogP contribution is -2.59. The van der Waals surface area contributed by atoms with Crippen LogP contribution in [-0.2, 0) is 28.7 Å². The second-order valence-electron chi connectivity index (χ2n) is 14.2. The van der Waals surface area contributed by atoms with Gasteiger partial charge in [0.2, 0.25) is 11.8 Å². The lowest BCUT2D eigenvalue weighted by atomic mass is 9.74. The van der Waals surface area contributed by atoms with Crippen molar-refractivity contribution >= 4 is 29.4 Å². The molecule has 1 spiro atoms. The number of aliphatic hydroxyl groups excluding tert-OH is 1. The highest BCUT2D eigenvalue weighted by atomic mass is 16.6. The highest BCUT2D eigenvalue weighted by molar-refractivity contribution is 6.06. The fraction of sp³-hybridized carbons (Fsp3) is 0.487. The number of para-hydroxylation sites is 1. The molecule has 2 aromatic rings. The van der Waals surface area contributed by atoms with Crippen LogP contribution < -0.4 is 4.90 Å². The molecular weight excluding hydrogens is 622 g/mol. The van der Waals surface area contributed by atoms with Crippen LogP contribution in [0.15, 0.2) is 72.8 Å². The second kappa shape index (κ2) is 13.6. The Labute approximate surface area is 288 Å². The first-order valence-electron chi connectivity index (χ1n) is 17.3. The molecule has 0 aliphatic carbocycles. The molecular formula is C39H47N3O7. The summed E-state index contributed by atoms with van der Waals surface area (Å²) >= 11 is 0. The van der Waals surface area contributed by atoms with E-state index in [1.807, 2.05) is 95.3 Å². The van der Waals surface area contributed by atoms with Crippen molar-refractivity contribution in [2.75, 3.05) is 25.1 Å². The second-order valence-corrected chi connectivity index (χ2v) is 14.2. The minimum Gasteiger partial charge on any atom is -0.455 e. The number of carbonyl (C=O) groups is 4. The van der Waals surface area contributed by atoms with Crippen LogP contribution in [0.5, 0.6) is 0 Å². The molecule has 5 bridgehead atoms. The topological polar surface area (TPSA) is 117 Å². The number of anilines is 1. The molecule has 4 heterocycles. The van der Waals surface area contributed by atoms with E-state index < -0.39 is 59.6 Å². The molecule has 10 heteroatoms. The lowest BCUT2D eigenvalue weighted by Gasteiger charge is -2.40. The van der Waals surface area contributed by atoms with Gasteiger partial charge in [-0.2, -0.15) is 0 Å². The van der Waals surface area contributed by atoms with Crippen molar-refractivity contribution < 1.29 is 33.8 Å². The maximum Gasteiger partial charge on any atom is 0.313 e. The number of hydrogen-bond acceptors (Lipinski definition) is 7. The van der Waals surface area contributed by atoms with E-state index >= 15 is 4.79 Å². The molecule has 0 radical (unpaired) electrons. The molecule has 3 amide bonds. The Kier molecular flexibility index (Phi) is 9.57. The van der Waals surface area contributed by atoms with Gasteiger partial charge in [-0.05, 0) is 49.8 Å². The summed E-state index contributed by atoms with van der Waals surface area (Å²) < 4.78 is 12.9. The van der Waals surface area contributed by atoms with E-state index in [0.29, 0.717) is 12.0 Å². The number of aryl methyl sites for hydroxylation is 2. The predicted octanol–water partition coefficient (Wildman–Crippen LogP) is 4.29. The number of fused-ring (bicyclic) bond motifs is 2. The van der Waals surface area contributed by atoms with Crippen LogP contribution in [0, 0.1) is 31.6 Å². The van der Waals surface area contributed by atoms with Crippen molar-refractivity contribution in [1.29, 1.82) is 0 Å². The number of carbonyl (C=O) groups excluding carboxylic acids is 4. The molecule has 0 saturated carbocycles. The van der Waals surface area contributed by atoms with Crippen molar-refractivity contribution in [3.63, 3.8) is 0 Å². The standard InChI is InChI=1S/C39H47N3O7/c1-23(2)28(22-43)42-35-37(46)41(33-24(3)14-13-15-25(33)4)21-12-8-11-18-30(44)40(6)26(5)34(27-16-9-7-10-17-27)48-38(47)31-29-19-20-39(35,49-29)32(31)36(42)45/h7-10,12-17,19-20,23,26,28-29,31-32,34-35,43H,11,18,21-22H2,1-6H3/b12-8-/t26-,28+,29+,31-,32-,34+,35+,39-/m1/s1. The Balaban J connectivity index is 1.51. The quantitative estimate of drug-likeness (QED) is 0.373. The maximum atomic E-state index is 15.2. The molecule has 10 nitrogen and oxygen atoms in total. The average Bonchev–Trinajstić information content (AvgIpc) is 3.72. The molecule has 2 aromatic carbocycles. The third-order valence-corrected chi connectivity index (χ3v) is 10.9. The highest BCUT2D eigenvalue weighted by Gasteiger charge is 2.74. The number of likely N-dealkylation sites (tertiary alicyclic amines) is 1. The molecule has 1 N–H and O–H groups in total. The summed E-state index contributed by atoms with van der Waals surface area (Å²) in [5.74, 6) is -3.82. The van der Waals surface area contributed by atoms with E-state index in [1.165, 1.54) is 4.90 Å². The van der Waals surface area contributed by atoms with E-state index in [9.17, 15) is 19.5 Å². The number of benzene rings is 2. The molecule has 4 aliphatic rings. The summed E-state index contributed by atoms with van der Waals surface area (Å²) in [6.07, 6.45) is 6.38. The third-order valence-electron chi connectivity index (χ3n) is 10.9. The van der Waals surface area contributed by atoms with Crippen LogP contribution in [-0.4, -0.2) is 88.6 Å². The van der Waals surface area contributed by atoms with Gasteiger partial charge in [-0.3, -0.25) is 19.2 Å². The number of amides is 3. The fourth-order valence-electron chi connectivity index (χ4n) is 8.21. The molecule has 6 rings (SSSR count). The van der Waals surface area contributed by atoms with Crippen molar-refractivity contribution in [1.82, 2.24) is 9.80 Å². The Bertz CT molecular complexity index is 1650. The fourth-order valence-corrected chi connectivity index (χ4v) is 8.21. The zero-order valence-corrected chi connectivity index (χ0v) is 29.1. The van der Waals surface area contributed by atoms with Crippen molar-refractivity contribution in [2.45, 2.75) is 83.4 Å². The monoisotopic (exact) mass is 669 g/mol. The number of aliphatic hydroxyl groups is 1. The number of rotatable bonds is 5. The van der Waals surface area contributed by atoms with Crippen LogP contribution in [0.2, 0.25) is 0 Å². The summed E-state index contributed by atoms with van der Waals surface area (Å²) in [4.78, 5) is 62.6. The number of esters is 1. The lowest BCUT2D eigenvalue weighted by molar-refractivity contribution is -0.164. The Morgan fingerprint density at radius 1 is 0.959 bits per heavy atom. The van der Waals surface area contributed by atoms with Gasteiger partial charge in [0.05, 0.1) is 30.7 Å². The number of allylic oxidation sites excluding steroid dienone is 1. The van der Waals surface area contributed by atoms with Crippen LogP contribution >= 0.6 is 0 Å². The molecule has 0 aromatic heterocycles. The molecule has 8 atom stereocenters. The van der Waals surface area contributed by atoms with Gasteiger partial charge >= 0.3 is 5.97 Å². The van der Waals surface area contributed by atoms with Gasteiger partial charge in [0.1, 0.15) is 23.7 Å². The highest BCUT2D eigenvalue weighted by Crippen LogP contribution is 2.57. The van der Waals surface area contributed by atoms with Gasteiger partial charge in [0, 0.05) is 25.7 Å². The molecule has 4 aliphatic heterocycles. The molecule has 49 heavy (non-hydrogen) atoms. The van der Waals surface area contributed by atoms with E-state index in [4.69, 9.17) is 9.47 Å². The van der Waals surface area contributed by atoms with Gasteiger partial charge in [-0.15, -0.1) is 0 Å². The SMILES string of the molecule is Cc1cccc(C)c1N1C/C=C\CCC(=O)N(C)[C@H](C)[C@@H](c2ccccc2)OC(=O)[C@@H]2[C@@H]3C=C[C@]4(O3)[C@H](C1=O)N([C@@H](CO)C(C)C)C(=O)[C@@H]24. The summed E-state index contributed by atoms with van der Waals surface area (Å²) in [7, 11) is 1.71. The minimum absolute atomic E-state index is 0.111. The van der Waals surface area contributed by atoms with Crippen LogP contribution in [0.1, 0.15) is 56.4 Å². The van der Waals surface area contributed by atoms with Gasteiger partial charge in [-0.1, -0.05) is 86.7 Å². The normalized spacial score (nSPS) is 31.8. The number of hydrogen-bond donors (Lipinski definition) is 1. The van der Waals surface area contributed by atoms with E-state index in [2.05, 4.69) is 0 Å². The number of likely N-dealkylation sites (N-methyl/N-ethyl adjacent to an activating group) is 1. The van der Waals surface area contributed by atoms with E-state index in [0.717, 1.165) is 16.8 Å². The van der Waals surface area contributed by atoms with E-state index in [1.54, 1.807) is 29.0 Å². The van der Waals surface area contributed by atoms with Gasteiger partial charge < -0.3 is 29.3 Å². The van der Waals surface area contributed by atoms with Crippen molar-refractivity contribution in [3.8, 4) is 0 Å². The zero-order valence-electron chi connectivity index (χ0n) is 29.1. The van der Waals surface area contributed by atoms with Crippen molar-refractivity contribution in [2.24, 2.45) is 17.8 Å². The first-order chi connectivity index (χ1) is 23.4. The largest absolute Gasteiger partial charge is 0.455 e. The summed E-state index contributed by atoms with van der Waals surface area (Å²) in [5.41, 5.74) is 1.75. The Morgan fingerprint density at radius 2 is 1.65 bits per heavy atom. The molecule has 0 unspecified atom stereocenters. The van der Waals surface area contributed by atoms with Crippen molar-refractivity contribution in [3.05, 3.63) is 89.5 Å². The molecule has 260 valence electrons. The molecule has 2 fully saturated rings.